The average Bonchev–Trinajstić information content (AvgIpc) is 2.42. The molecule has 0 fully saturated rings. The number of aromatic nitrogens is 1. The molecule has 0 aliphatic rings. The summed E-state index contributed by atoms with van der Waals surface area (Å²) in [6.45, 7) is 0.434. The third-order valence-corrected chi connectivity index (χ3v) is 2.73. The Labute approximate surface area is 110 Å². The Morgan fingerprint density at radius 1 is 1.42 bits per heavy atom. The first-order valence-electron chi connectivity index (χ1n) is 5.77. The van der Waals surface area contributed by atoms with Crippen LogP contribution in [0.1, 0.15) is 15.9 Å². The van der Waals surface area contributed by atoms with Gasteiger partial charge >= 0.3 is 0 Å². The van der Waals surface area contributed by atoms with Gasteiger partial charge in [0.2, 0.25) is 0 Å². The topological polar surface area (TPSA) is 59.2 Å². The highest BCUT2D eigenvalue weighted by Crippen LogP contribution is 2.14. The summed E-state index contributed by atoms with van der Waals surface area (Å²) in [5.74, 6) is -0.734. The van der Waals surface area contributed by atoms with E-state index in [-0.39, 0.29) is 11.6 Å². The molecule has 0 aliphatic carbocycles. The number of nitrogens with two attached hydrogens (primary N) is 1. The van der Waals surface area contributed by atoms with E-state index in [1.165, 1.54) is 23.1 Å². The number of anilines is 1. The first-order chi connectivity index (χ1) is 9.08. The maximum Gasteiger partial charge on any atom is 0.253 e. The van der Waals surface area contributed by atoms with E-state index in [0.717, 1.165) is 5.56 Å². The van der Waals surface area contributed by atoms with E-state index < -0.39 is 5.82 Å². The minimum atomic E-state index is -0.522. The van der Waals surface area contributed by atoms with Crippen LogP contribution in [0.25, 0.3) is 0 Å². The highest BCUT2D eigenvalue weighted by molar-refractivity contribution is 5.94. The zero-order valence-electron chi connectivity index (χ0n) is 10.5. The lowest BCUT2D eigenvalue weighted by Gasteiger charge is -2.17. The van der Waals surface area contributed by atoms with E-state index in [4.69, 9.17) is 5.73 Å². The quantitative estimate of drug-likeness (QED) is 0.858. The number of hydrogen-bond acceptors (Lipinski definition) is 3. The first-order valence-corrected chi connectivity index (χ1v) is 5.77. The molecule has 0 bridgehead atoms. The molecule has 4 nitrogen and oxygen atoms in total. The van der Waals surface area contributed by atoms with Crippen molar-refractivity contribution in [3.8, 4) is 0 Å². The van der Waals surface area contributed by atoms with Crippen molar-refractivity contribution in [1.29, 1.82) is 0 Å². The molecule has 0 spiro atoms. The van der Waals surface area contributed by atoms with Crippen molar-refractivity contribution >= 4 is 11.6 Å². The monoisotopic (exact) mass is 259 g/mol. The average molecular weight is 259 g/mol. The van der Waals surface area contributed by atoms with Crippen LogP contribution in [0.15, 0.2) is 42.7 Å². The van der Waals surface area contributed by atoms with Gasteiger partial charge in [0.25, 0.3) is 5.91 Å². The van der Waals surface area contributed by atoms with E-state index in [1.807, 2.05) is 12.1 Å². The summed E-state index contributed by atoms with van der Waals surface area (Å²) in [7, 11) is 1.68. The molecule has 5 heteroatoms. The molecule has 1 aromatic heterocycles. The minimum Gasteiger partial charge on any atom is -0.396 e. The van der Waals surface area contributed by atoms with Crippen LogP contribution in [-0.4, -0.2) is 22.8 Å². The molecule has 0 unspecified atom stereocenters. The molecule has 19 heavy (non-hydrogen) atoms. The largest absolute Gasteiger partial charge is 0.396 e. The fraction of sp³-hybridized carbons (Fsp3) is 0.143. The molecular weight excluding hydrogens is 245 g/mol. The number of nitrogens with zero attached hydrogens (tertiary/aromatic N) is 2. The van der Waals surface area contributed by atoms with Crippen molar-refractivity contribution in [2.24, 2.45) is 0 Å². The number of nitrogen functional groups attached to an aromatic ring is 1. The number of hydrogen-bond donors (Lipinski definition) is 1. The molecule has 2 N–H and O–H groups in total. The molecule has 0 atom stereocenters. The van der Waals surface area contributed by atoms with Crippen LogP contribution in [0.5, 0.6) is 0 Å². The Morgan fingerprint density at radius 3 is 2.84 bits per heavy atom. The molecule has 2 rings (SSSR count). The van der Waals surface area contributed by atoms with Crippen molar-refractivity contribution < 1.29 is 9.18 Å². The van der Waals surface area contributed by atoms with Gasteiger partial charge in [0, 0.05) is 31.5 Å². The lowest BCUT2D eigenvalue weighted by Crippen LogP contribution is -2.26. The molecule has 98 valence electrons. The fourth-order valence-corrected chi connectivity index (χ4v) is 1.73. The van der Waals surface area contributed by atoms with Gasteiger partial charge < -0.3 is 10.6 Å². The fourth-order valence-electron chi connectivity index (χ4n) is 1.73. The van der Waals surface area contributed by atoms with Gasteiger partial charge in [0.05, 0.1) is 5.69 Å². The number of rotatable bonds is 3. The number of benzene rings is 1. The number of carbonyl (C=O) groups is 1. The summed E-state index contributed by atoms with van der Waals surface area (Å²) in [6, 6.07) is 7.66. The zero-order chi connectivity index (χ0) is 13.8. The van der Waals surface area contributed by atoms with E-state index >= 15 is 0 Å². The van der Waals surface area contributed by atoms with Crippen LogP contribution in [0.3, 0.4) is 0 Å². The van der Waals surface area contributed by atoms with Crippen LogP contribution in [0.2, 0.25) is 0 Å². The van der Waals surface area contributed by atoms with Crippen molar-refractivity contribution in [2.45, 2.75) is 6.54 Å². The molecule has 0 saturated heterocycles. The highest BCUT2D eigenvalue weighted by Gasteiger charge is 2.13. The lowest BCUT2D eigenvalue weighted by molar-refractivity contribution is 0.0785. The van der Waals surface area contributed by atoms with Gasteiger partial charge in [-0.3, -0.25) is 9.78 Å². The summed E-state index contributed by atoms with van der Waals surface area (Å²) in [5, 5.41) is 0. The van der Waals surface area contributed by atoms with Crippen molar-refractivity contribution in [3.63, 3.8) is 0 Å². The van der Waals surface area contributed by atoms with Crippen LogP contribution >= 0.6 is 0 Å². The van der Waals surface area contributed by atoms with Crippen molar-refractivity contribution in [2.75, 3.05) is 12.8 Å². The predicted octanol–water partition coefficient (Wildman–Crippen LogP) is 2.08. The third kappa shape index (κ3) is 3.07. The van der Waals surface area contributed by atoms with Gasteiger partial charge in [-0.25, -0.2) is 4.39 Å². The number of halogens is 1. The molecule has 0 aliphatic heterocycles. The standard InChI is InChI=1S/C14H14FN3O/c1-18(9-10-3-2-6-17-8-10)14(19)11-4-5-12(15)13(16)7-11/h2-8H,9,16H2,1H3. The molecule has 2 aromatic rings. The van der Waals surface area contributed by atoms with Crippen molar-refractivity contribution in [3.05, 3.63) is 59.7 Å². The summed E-state index contributed by atoms with van der Waals surface area (Å²) in [5.41, 5.74) is 6.72. The molecule has 1 heterocycles. The second kappa shape index (κ2) is 5.48. The zero-order valence-corrected chi connectivity index (χ0v) is 10.5. The molecular formula is C14H14FN3O. The molecule has 0 saturated carbocycles. The second-order valence-electron chi connectivity index (χ2n) is 4.26. The molecule has 1 amide bonds. The second-order valence-corrected chi connectivity index (χ2v) is 4.26. The minimum absolute atomic E-state index is 0.0272. The van der Waals surface area contributed by atoms with Gasteiger partial charge in [0.15, 0.2) is 0 Å². The molecule has 1 aromatic carbocycles. The summed E-state index contributed by atoms with van der Waals surface area (Å²) in [4.78, 5) is 17.7. The van der Waals surface area contributed by atoms with Gasteiger partial charge in [-0.05, 0) is 29.8 Å². The van der Waals surface area contributed by atoms with E-state index in [9.17, 15) is 9.18 Å². The molecule has 0 radical (unpaired) electrons. The van der Waals surface area contributed by atoms with E-state index in [1.54, 1.807) is 19.4 Å². The van der Waals surface area contributed by atoms with E-state index in [2.05, 4.69) is 4.98 Å². The summed E-state index contributed by atoms with van der Waals surface area (Å²) < 4.78 is 13.1. The Balaban J connectivity index is 2.12. The van der Waals surface area contributed by atoms with Crippen LogP contribution in [-0.2, 0) is 6.54 Å². The summed E-state index contributed by atoms with van der Waals surface area (Å²) in [6.07, 6.45) is 3.37. The number of carbonyl (C=O) groups excluding carboxylic acids is 1. The van der Waals surface area contributed by atoms with Gasteiger partial charge in [-0.1, -0.05) is 6.07 Å². The number of pyridine rings is 1. The van der Waals surface area contributed by atoms with Crippen molar-refractivity contribution in [1.82, 2.24) is 9.88 Å². The van der Waals surface area contributed by atoms with Crippen LogP contribution < -0.4 is 5.73 Å². The Hall–Kier alpha value is -2.43. The van der Waals surface area contributed by atoms with Crippen LogP contribution in [0, 0.1) is 5.82 Å². The first kappa shape index (κ1) is 13.0. The predicted molar refractivity (Wildman–Crippen MR) is 70.8 cm³/mol. The van der Waals surface area contributed by atoms with Gasteiger partial charge in [-0.15, -0.1) is 0 Å². The third-order valence-electron chi connectivity index (χ3n) is 2.73. The number of amides is 1. The van der Waals surface area contributed by atoms with Crippen LogP contribution in [0.4, 0.5) is 10.1 Å². The van der Waals surface area contributed by atoms with Gasteiger partial charge in [-0.2, -0.15) is 0 Å². The Morgan fingerprint density at radius 2 is 2.21 bits per heavy atom. The maximum absolute atomic E-state index is 13.1. The van der Waals surface area contributed by atoms with E-state index in [0.29, 0.717) is 12.1 Å². The SMILES string of the molecule is CN(Cc1cccnc1)C(=O)c1ccc(F)c(N)c1. The van der Waals surface area contributed by atoms with Gasteiger partial charge in [0.1, 0.15) is 5.82 Å². The lowest BCUT2D eigenvalue weighted by atomic mass is 10.1. The smallest absolute Gasteiger partial charge is 0.253 e. The highest BCUT2D eigenvalue weighted by atomic mass is 19.1. The normalized spacial score (nSPS) is 10.2. The summed E-state index contributed by atoms with van der Waals surface area (Å²) >= 11 is 0. The Kier molecular flexibility index (Phi) is 3.75. The maximum atomic E-state index is 13.1. The Bertz CT molecular complexity index is 586.